The molecule has 8 heteroatoms. The predicted molar refractivity (Wildman–Crippen MR) is 87.0 cm³/mol. The first-order valence-corrected chi connectivity index (χ1v) is 10.3. The van der Waals surface area contributed by atoms with E-state index in [1.54, 1.807) is 5.51 Å². The zero-order chi connectivity index (χ0) is 15.0. The lowest BCUT2D eigenvalue weighted by Gasteiger charge is -2.13. The van der Waals surface area contributed by atoms with Crippen molar-refractivity contribution in [2.75, 3.05) is 0 Å². The van der Waals surface area contributed by atoms with Crippen molar-refractivity contribution in [2.24, 2.45) is 0 Å². The standard InChI is InChI=1S/C12H15BrN2O2S3/c1-12(2,3)11-15-8(4-18-11)5-20(16,17)6-9-10(13)19-7-14-9/h4,7H,5-6H2,1-3H3. The van der Waals surface area contributed by atoms with E-state index in [-0.39, 0.29) is 16.9 Å². The molecule has 0 saturated heterocycles. The minimum atomic E-state index is -3.25. The Balaban J connectivity index is 2.13. The van der Waals surface area contributed by atoms with Gasteiger partial charge in [0, 0.05) is 10.8 Å². The summed E-state index contributed by atoms with van der Waals surface area (Å²) in [7, 11) is -3.25. The number of hydrogen-bond donors (Lipinski definition) is 0. The zero-order valence-electron chi connectivity index (χ0n) is 11.4. The van der Waals surface area contributed by atoms with Gasteiger partial charge >= 0.3 is 0 Å². The summed E-state index contributed by atoms with van der Waals surface area (Å²) in [5, 5.41) is 2.78. The highest BCUT2D eigenvalue weighted by atomic mass is 79.9. The molecule has 0 unspecified atom stereocenters. The number of nitrogens with zero attached hydrogens (tertiary/aromatic N) is 2. The molecule has 0 bridgehead atoms. The summed E-state index contributed by atoms with van der Waals surface area (Å²) in [6.45, 7) is 6.20. The van der Waals surface area contributed by atoms with Crippen LogP contribution >= 0.6 is 38.6 Å². The number of hydrogen-bond acceptors (Lipinski definition) is 6. The number of aromatic nitrogens is 2. The van der Waals surface area contributed by atoms with Crippen molar-refractivity contribution in [3.63, 3.8) is 0 Å². The van der Waals surface area contributed by atoms with Gasteiger partial charge in [-0.3, -0.25) is 0 Å². The van der Waals surface area contributed by atoms with E-state index in [1.807, 2.05) is 5.38 Å². The first-order chi connectivity index (χ1) is 9.17. The summed E-state index contributed by atoms with van der Waals surface area (Å²) in [5.74, 6) is -0.0942. The Hall–Kier alpha value is -0.310. The molecule has 0 radical (unpaired) electrons. The first-order valence-electron chi connectivity index (χ1n) is 5.90. The van der Waals surface area contributed by atoms with Crippen LogP contribution in [0.5, 0.6) is 0 Å². The van der Waals surface area contributed by atoms with E-state index in [0.29, 0.717) is 11.4 Å². The minimum absolute atomic E-state index is 0.0381. The quantitative estimate of drug-likeness (QED) is 0.791. The third-order valence-corrected chi connectivity index (χ3v) is 6.95. The van der Waals surface area contributed by atoms with Gasteiger partial charge in [-0.1, -0.05) is 20.8 Å². The highest BCUT2D eigenvalue weighted by molar-refractivity contribution is 9.11. The predicted octanol–water partition coefficient (Wildman–Crippen LogP) is 3.77. The van der Waals surface area contributed by atoms with Crippen molar-refractivity contribution in [2.45, 2.75) is 37.7 Å². The van der Waals surface area contributed by atoms with Crippen molar-refractivity contribution in [1.29, 1.82) is 0 Å². The van der Waals surface area contributed by atoms with Crippen molar-refractivity contribution >= 4 is 48.4 Å². The highest BCUT2D eigenvalue weighted by Crippen LogP contribution is 2.27. The fraction of sp³-hybridized carbons (Fsp3) is 0.500. The van der Waals surface area contributed by atoms with E-state index in [9.17, 15) is 8.42 Å². The van der Waals surface area contributed by atoms with E-state index < -0.39 is 9.84 Å². The van der Waals surface area contributed by atoms with Gasteiger partial charge in [0.1, 0.15) is 0 Å². The van der Waals surface area contributed by atoms with Gasteiger partial charge in [-0.2, -0.15) is 0 Å². The van der Waals surface area contributed by atoms with Crippen LogP contribution in [0.1, 0.15) is 37.2 Å². The molecule has 2 rings (SSSR count). The molecule has 20 heavy (non-hydrogen) atoms. The maximum absolute atomic E-state index is 12.2. The fourth-order valence-electron chi connectivity index (χ4n) is 1.55. The van der Waals surface area contributed by atoms with Gasteiger partial charge in [-0.05, 0) is 15.9 Å². The van der Waals surface area contributed by atoms with Gasteiger partial charge in [-0.15, -0.1) is 22.7 Å². The lowest BCUT2D eigenvalue weighted by Crippen LogP contribution is -2.12. The Kier molecular flexibility index (Phi) is 4.68. The van der Waals surface area contributed by atoms with Gasteiger partial charge in [0.2, 0.25) is 0 Å². The average Bonchev–Trinajstić information content (AvgIpc) is 2.87. The molecule has 0 N–H and O–H groups in total. The summed E-state index contributed by atoms with van der Waals surface area (Å²) < 4.78 is 25.1. The molecule has 2 aromatic heterocycles. The molecule has 0 aliphatic rings. The number of rotatable bonds is 4. The van der Waals surface area contributed by atoms with Gasteiger partial charge in [-0.25, -0.2) is 18.4 Å². The molecule has 2 heterocycles. The van der Waals surface area contributed by atoms with Crippen LogP contribution in [-0.2, 0) is 26.8 Å². The Morgan fingerprint density at radius 2 is 1.95 bits per heavy atom. The van der Waals surface area contributed by atoms with Gasteiger partial charge < -0.3 is 0 Å². The molecule has 2 aromatic rings. The molecule has 0 aromatic carbocycles. The number of halogens is 1. The average molecular weight is 395 g/mol. The summed E-state index contributed by atoms with van der Waals surface area (Å²) in [5.41, 5.74) is 2.77. The fourth-order valence-corrected chi connectivity index (χ4v) is 5.20. The van der Waals surface area contributed by atoms with Crippen LogP contribution in [0.25, 0.3) is 0 Å². The van der Waals surface area contributed by atoms with E-state index in [4.69, 9.17) is 0 Å². The Labute approximate surface area is 135 Å². The van der Waals surface area contributed by atoms with Gasteiger partial charge in [0.05, 0.1) is 37.2 Å². The molecule has 0 spiro atoms. The first kappa shape index (κ1) is 16.1. The molecular weight excluding hydrogens is 380 g/mol. The Morgan fingerprint density at radius 1 is 1.25 bits per heavy atom. The summed E-state index contributed by atoms with van der Waals surface area (Å²) in [4.78, 5) is 8.49. The number of sulfone groups is 1. The van der Waals surface area contributed by atoms with Crippen LogP contribution in [-0.4, -0.2) is 18.4 Å². The third-order valence-electron chi connectivity index (χ3n) is 2.51. The lowest BCUT2D eigenvalue weighted by molar-refractivity contribution is 0.580. The maximum Gasteiger partial charge on any atom is 0.161 e. The van der Waals surface area contributed by atoms with Crippen LogP contribution in [0, 0.1) is 0 Å². The second-order valence-corrected chi connectivity index (χ2v) is 10.6. The van der Waals surface area contributed by atoms with E-state index in [0.717, 1.165) is 8.79 Å². The van der Waals surface area contributed by atoms with E-state index in [1.165, 1.54) is 22.7 Å². The topological polar surface area (TPSA) is 59.9 Å². The minimum Gasteiger partial charge on any atom is -0.247 e. The van der Waals surface area contributed by atoms with E-state index in [2.05, 4.69) is 46.7 Å². The molecule has 4 nitrogen and oxygen atoms in total. The van der Waals surface area contributed by atoms with Gasteiger partial charge in [0.15, 0.2) is 9.84 Å². The molecule has 0 amide bonds. The second-order valence-electron chi connectivity index (χ2n) is 5.50. The number of thiazole rings is 2. The summed E-state index contributed by atoms with van der Waals surface area (Å²) >= 11 is 6.21. The Bertz CT molecular complexity index is 698. The molecule has 0 fully saturated rings. The second kappa shape index (κ2) is 5.82. The van der Waals surface area contributed by atoms with Crippen LogP contribution in [0.3, 0.4) is 0 Å². The maximum atomic E-state index is 12.2. The van der Waals surface area contributed by atoms with Crippen molar-refractivity contribution in [1.82, 2.24) is 9.97 Å². The molecular formula is C12H15BrN2O2S3. The largest absolute Gasteiger partial charge is 0.247 e. The third kappa shape index (κ3) is 4.09. The van der Waals surface area contributed by atoms with Crippen LogP contribution in [0.4, 0.5) is 0 Å². The van der Waals surface area contributed by atoms with Crippen LogP contribution in [0.15, 0.2) is 14.7 Å². The monoisotopic (exact) mass is 394 g/mol. The zero-order valence-corrected chi connectivity index (χ0v) is 15.4. The molecule has 0 saturated carbocycles. The van der Waals surface area contributed by atoms with Gasteiger partial charge in [0.25, 0.3) is 0 Å². The van der Waals surface area contributed by atoms with Crippen molar-refractivity contribution in [3.8, 4) is 0 Å². The summed E-state index contributed by atoms with van der Waals surface area (Å²) in [6.07, 6.45) is 0. The highest BCUT2D eigenvalue weighted by Gasteiger charge is 2.22. The summed E-state index contributed by atoms with van der Waals surface area (Å²) in [6, 6.07) is 0. The molecule has 110 valence electrons. The Morgan fingerprint density at radius 3 is 2.45 bits per heavy atom. The molecule has 0 aliphatic carbocycles. The van der Waals surface area contributed by atoms with Crippen LogP contribution in [0.2, 0.25) is 0 Å². The van der Waals surface area contributed by atoms with Crippen molar-refractivity contribution < 1.29 is 8.42 Å². The van der Waals surface area contributed by atoms with E-state index >= 15 is 0 Å². The smallest absolute Gasteiger partial charge is 0.161 e. The lowest BCUT2D eigenvalue weighted by atomic mass is 9.98. The van der Waals surface area contributed by atoms with Crippen LogP contribution < -0.4 is 0 Å². The normalized spacial score (nSPS) is 12.8. The van der Waals surface area contributed by atoms with Crippen molar-refractivity contribution in [3.05, 3.63) is 31.1 Å². The SMILES string of the molecule is CC(C)(C)c1nc(CS(=O)(=O)Cc2ncsc2Br)cs1. The molecule has 0 atom stereocenters. The molecule has 0 aliphatic heterocycles.